The fourth-order valence-electron chi connectivity index (χ4n) is 2.90. The van der Waals surface area contributed by atoms with Crippen LogP contribution < -0.4 is 5.32 Å². The van der Waals surface area contributed by atoms with E-state index in [0.29, 0.717) is 31.7 Å². The van der Waals surface area contributed by atoms with Gasteiger partial charge in [-0.25, -0.2) is 0 Å². The Hall–Kier alpha value is -1.92. The largest absolute Gasteiger partial charge is 0.385 e. The lowest BCUT2D eigenvalue weighted by atomic mass is 10.1. The molecule has 138 valence electrons. The van der Waals surface area contributed by atoms with Gasteiger partial charge in [-0.3, -0.25) is 9.59 Å². The van der Waals surface area contributed by atoms with Gasteiger partial charge in [-0.2, -0.15) is 0 Å². The third-order valence-corrected chi connectivity index (χ3v) is 4.43. The number of methoxy groups -OCH3 is 1. The van der Waals surface area contributed by atoms with E-state index < -0.39 is 0 Å². The van der Waals surface area contributed by atoms with Crippen LogP contribution in [0.15, 0.2) is 24.3 Å². The second-order valence-corrected chi connectivity index (χ2v) is 6.39. The molecule has 1 aliphatic heterocycles. The van der Waals surface area contributed by atoms with E-state index in [1.54, 1.807) is 12.0 Å². The first-order valence-electron chi connectivity index (χ1n) is 8.95. The van der Waals surface area contributed by atoms with Crippen molar-refractivity contribution in [2.45, 2.75) is 19.8 Å². The highest BCUT2D eigenvalue weighted by molar-refractivity contribution is 5.94. The minimum absolute atomic E-state index is 0.0239. The molecule has 2 amide bonds. The number of nitrogens with zero attached hydrogens (tertiary/aromatic N) is 2. The number of ether oxygens (including phenoxy) is 1. The molecule has 2 rings (SSSR count). The topological polar surface area (TPSA) is 61.9 Å². The summed E-state index contributed by atoms with van der Waals surface area (Å²) >= 11 is 0. The van der Waals surface area contributed by atoms with Crippen molar-refractivity contribution in [3.05, 3.63) is 35.4 Å². The molecular formula is C19H29N3O3. The number of carbonyl (C=O) groups excluding carboxylic acids is 2. The zero-order valence-electron chi connectivity index (χ0n) is 15.3. The third kappa shape index (κ3) is 6.14. The van der Waals surface area contributed by atoms with Crippen molar-refractivity contribution in [3.8, 4) is 0 Å². The summed E-state index contributed by atoms with van der Waals surface area (Å²) in [4.78, 5) is 28.8. The Balaban J connectivity index is 1.95. The molecule has 1 aromatic carbocycles. The van der Waals surface area contributed by atoms with E-state index in [-0.39, 0.29) is 11.8 Å². The van der Waals surface area contributed by atoms with Crippen molar-refractivity contribution < 1.29 is 14.3 Å². The Bertz CT molecular complexity index is 554. The molecule has 0 unspecified atom stereocenters. The van der Waals surface area contributed by atoms with Gasteiger partial charge >= 0.3 is 0 Å². The Kier molecular flexibility index (Phi) is 7.88. The first kappa shape index (κ1) is 19.4. The maximum atomic E-state index is 12.8. The van der Waals surface area contributed by atoms with E-state index in [0.717, 1.165) is 38.2 Å². The lowest BCUT2D eigenvalue weighted by molar-refractivity contribution is -0.131. The van der Waals surface area contributed by atoms with Crippen molar-refractivity contribution in [1.29, 1.82) is 0 Å². The SMILES string of the molecule is COCCCN(CCC(=O)N1CCNCC1)C(=O)c1ccc(C)cc1. The van der Waals surface area contributed by atoms with Gasteiger partial charge in [-0.05, 0) is 25.5 Å². The number of piperazine rings is 1. The first-order chi connectivity index (χ1) is 12.1. The summed E-state index contributed by atoms with van der Waals surface area (Å²) in [7, 11) is 1.65. The minimum Gasteiger partial charge on any atom is -0.385 e. The molecule has 6 heteroatoms. The maximum Gasteiger partial charge on any atom is 0.253 e. The van der Waals surface area contributed by atoms with Gasteiger partial charge in [0.1, 0.15) is 0 Å². The molecule has 0 bridgehead atoms. The highest BCUT2D eigenvalue weighted by Crippen LogP contribution is 2.09. The molecule has 0 atom stereocenters. The number of hydrogen-bond donors (Lipinski definition) is 1. The smallest absolute Gasteiger partial charge is 0.253 e. The van der Waals surface area contributed by atoms with Crippen molar-refractivity contribution >= 4 is 11.8 Å². The fraction of sp³-hybridized carbons (Fsp3) is 0.579. The van der Waals surface area contributed by atoms with Gasteiger partial charge in [-0.15, -0.1) is 0 Å². The predicted octanol–water partition coefficient (Wildman–Crippen LogP) is 1.30. The van der Waals surface area contributed by atoms with Crippen LogP contribution in [-0.4, -0.2) is 74.6 Å². The monoisotopic (exact) mass is 347 g/mol. The van der Waals surface area contributed by atoms with Crippen LogP contribution in [0.2, 0.25) is 0 Å². The van der Waals surface area contributed by atoms with Crippen molar-refractivity contribution in [3.63, 3.8) is 0 Å². The van der Waals surface area contributed by atoms with Gasteiger partial charge < -0.3 is 19.9 Å². The van der Waals surface area contributed by atoms with Gasteiger partial charge in [-0.1, -0.05) is 17.7 Å². The predicted molar refractivity (Wildman–Crippen MR) is 97.6 cm³/mol. The second-order valence-electron chi connectivity index (χ2n) is 6.39. The summed E-state index contributed by atoms with van der Waals surface area (Å²) in [5, 5.41) is 3.24. The van der Waals surface area contributed by atoms with Gasteiger partial charge in [0.05, 0.1) is 0 Å². The van der Waals surface area contributed by atoms with Gasteiger partial charge in [0, 0.05) is 65.0 Å². The highest BCUT2D eigenvalue weighted by Gasteiger charge is 2.20. The van der Waals surface area contributed by atoms with Gasteiger partial charge in [0.2, 0.25) is 5.91 Å². The van der Waals surface area contributed by atoms with E-state index in [1.807, 2.05) is 36.1 Å². The maximum absolute atomic E-state index is 12.8. The molecule has 1 fully saturated rings. The standard InChI is InChI=1S/C19H29N3O3/c1-16-4-6-17(7-5-16)19(24)22(11-3-15-25-2)12-8-18(23)21-13-9-20-10-14-21/h4-7,20H,3,8-15H2,1-2H3. The molecule has 0 radical (unpaired) electrons. The lowest BCUT2D eigenvalue weighted by Gasteiger charge is -2.29. The number of amides is 2. The molecule has 1 N–H and O–H groups in total. The van der Waals surface area contributed by atoms with E-state index in [9.17, 15) is 9.59 Å². The van der Waals surface area contributed by atoms with Crippen LogP contribution in [0.25, 0.3) is 0 Å². The third-order valence-electron chi connectivity index (χ3n) is 4.43. The summed E-state index contributed by atoms with van der Waals surface area (Å²) in [6.07, 6.45) is 1.13. The van der Waals surface area contributed by atoms with E-state index >= 15 is 0 Å². The summed E-state index contributed by atoms with van der Waals surface area (Å²) in [5.74, 6) is 0.0964. The fourth-order valence-corrected chi connectivity index (χ4v) is 2.90. The molecule has 0 aliphatic carbocycles. The minimum atomic E-state index is -0.0239. The van der Waals surface area contributed by atoms with Crippen LogP contribution in [-0.2, 0) is 9.53 Å². The second kappa shape index (κ2) is 10.2. The Labute approximate surface area is 150 Å². The average molecular weight is 347 g/mol. The lowest BCUT2D eigenvalue weighted by Crippen LogP contribution is -2.47. The zero-order valence-corrected chi connectivity index (χ0v) is 15.3. The Morgan fingerprint density at radius 2 is 1.84 bits per heavy atom. The molecule has 0 saturated carbocycles. The molecule has 0 spiro atoms. The zero-order chi connectivity index (χ0) is 18.1. The van der Waals surface area contributed by atoms with Crippen LogP contribution in [0.3, 0.4) is 0 Å². The van der Waals surface area contributed by atoms with E-state index in [2.05, 4.69) is 5.32 Å². The molecule has 1 aromatic rings. The number of hydrogen-bond acceptors (Lipinski definition) is 4. The normalized spacial score (nSPS) is 14.4. The number of benzene rings is 1. The molecule has 1 saturated heterocycles. The number of rotatable bonds is 8. The molecule has 25 heavy (non-hydrogen) atoms. The molecule has 6 nitrogen and oxygen atoms in total. The highest BCUT2D eigenvalue weighted by atomic mass is 16.5. The van der Waals surface area contributed by atoms with Crippen molar-refractivity contribution in [1.82, 2.24) is 15.1 Å². The number of nitrogens with one attached hydrogen (secondary N) is 1. The van der Waals surface area contributed by atoms with E-state index in [4.69, 9.17) is 4.74 Å². The van der Waals surface area contributed by atoms with Crippen LogP contribution >= 0.6 is 0 Å². The molecular weight excluding hydrogens is 318 g/mol. The Morgan fingerprint density at radius 3 is 2.48 bits per heavy atom. The summed E-state index contributed by atoms with van der Waals surface area (Å²) in [6.45, 7) is 6.80. The first-order valence-corrected chi connectivity index (χ1v) is 8.95. The quantitative estimate of drug-likeness (QED) is 0.720. The Morgan fingerprint density at radius 1 is 1.16 bits per heavy atom. The summed E-state index contributed by atoms with van der Waals surface area (Å²) < 4.78 is 5.09. The molecule has 1 heterocycles. The van der Waals surface area contributed by atoms with Crippen LogP contribution in [0.5, 0.6) is 0 Å². The summed E-state index contributed by atoms with van der Waals surface area (Å²) in [5.41, 5.74) is 1.79. The van der Waals surface area contributed by atoms with E-state index in [1.165, 1.54) is 0 Å². The molecule has 1 aliphatic rings. The van der Waals surface area contributed by atoms with Crippen molar-refractivity contribution in [2.75, 3.05) is 53.0 Å². The number of aryl methyl sites for hydroxylation is 1. The van der Waals surface area contributed by atoms with Crippen LogP contribution in [0.1, 0.15) is 28.8 Å². The van der Waals surface area contributed by atoms with Gasteiger partial charge in [0.25, 0.3) is 5.91 Å². The van der Waals surface area contributed by atoms with Crippen LogP contribution in [0, 0.1) is 6.92 Å². The average Bonchev–Trinajstić information content (AvgIpc) is 2.65. The van der Waals surface area contributed by atoms with Crippen LogP contribution in [0.4, 0.5) is 0 Å². The molecule has 0 aromatic heterocycles. The van der Waals surface area contributed by atoms with Gasteiger partial charge in [0.15, 0.2) is 0 Å². The number of carbonyl (C=O) groups is 2. The summed E-state index contributed by atoms with van der Waals surface area (Å²) in [6, 6.07) is 7.57. The van der Waals surface area contributed by atoms with Crippen molar-refractivity contribution in [2.24, 2.45) is 0 Å².